The molecule has 1 aliphatic rings. The summed E-state index contributed by atoms with van der Waals surface area (Å²) in [5.41, 5.74) is 0. The van der Waals surface area contributed by atoms with Crippen LogP contribution in [0.25, 0.3) is 0 Å². The van der Waals surface area contributed by atoms with Crippen molar-refractivity contribution in [3.8, 4) is 0 Å². The Bertz CT molecular complexity index is 193. The molecule has 1 amide bonds. The van der Waals surface area contributed by atoms with E-state index in [-0.39, 0.29) is 8.76 Å². The van der Waals surface area contributed by atoms with Crippen LogP contribution in [0.15, 0.2) is 0 Å². The molecule has 4 nitrogen and oxygen atoms in total. The molecule has 0 unspecified atom stereocenters. The van der Waals surface area contributed by atoms with Crippen molar-refractivity contribution in [1.29, 1.82) is 0 Å². The molecule has 0 aliphatic carbocycles. The van der Waals surface area contributed by atoms with Gasteiger partial charge in [-0.3, -0.25) is 4.79 Å². The molecule has 0 bridgehead atoms. The molecule has 0 aromatic carbocycles. The Morgan fingerprint density at radius 1 is 1.57 bits per heavy atom. The average molecular weight is 203 g/mol. The highest BCUT2D eigenvalue weighted by atomic mass is 16.2. The quantitative estimate of drug-likeness (QED) is 0.675. The number of likely N-dealkylation sites (tertiary alicyclic amines) is 1. The lowest BCUT2D eigenvalue weighted by Crippen LogP contribution is -2.41. The Labute approximate surface area is 89.0 Å². The van der Waals surface area contributed by atoms with Crippen LogP contribution in [0.5, 0.6) is 0 Å². The fourth-order valence-corrected chi connectivity index (χ4v) is 1.75. The summed E-state index contributed by atoms with van der Waals surface area (Å²) in [4.78, 5) is 13.7. The van der Waals surface area contributed by atoms with E-state index in [2.05, 4.69) is 22.5 Å². The molecule has 0 spiro atoms. The molecule has 1 heterocycles. The van der Waals surface area contributed by atoms with Crippen molar-refractivity contribution < 1.29 is 7.65 Å². The third-order valence-electron chi connectivity index (χ3n) is 2.62. The van der Waals surface area contributed by atoms with E-state index in [1.54, 1.807) is 0 Å². The first-order valence-corrected chi connectivity index (χ1v) is 5.48. The minimum absolute atomic E-state index is 0. The normalized spacial score (nSPS) is 22.6. The number of nitrogens with zero attached hydrogens (tertiary/aromatic N) is 1. The molecule has 1 fully saturated rings. The minimum Gasteiger partial charge on any atom is -0.351 e. The first-order valence-electron chi connectivity index (χ1n) is 5.48. The molecular formula is C10H25N3O. The van der Waals surface area contributed by atoms with Crippen molar-refractivity contribution in [2.45, 2.75) is 26.3 Å². The summed E-state index contributed by atoms with van der Waals surface area (Å²) in [6.45, 7) is 8.65. The number of hydrogen-bond donors (Lipinski definition) is 2. The van der Waals surface area contributed by atoms with E-state index in [0.29, 0.717) is 12.6 Å². The molecule has 0 aromatic rings. The van der Waals surface area contributed by atoms with Crippen LogP contribution in [-0.2, 0) is 4.79 Å². The van der Waals surface area contributed by atoms with Crippen molar-refractivity contribution >= 4 is 5.91 Å². The van der Waals surface area contributed by atoms with Crippen molar-refractivity contribution in [2.24, 2.45) is 0 Å². The summed E-state index contributed by atoms with van der Waals surface area (Å²) in [5.74, 6) is 0.120. The molecule has 0 saturated carbocycles. The summed E-state index contributed by atoms with van der Waals surface area (Å²) >= 11 is 0. The number of amides is 1. The highest BCUT2D eigenvalue weighted by Gasteiger charge is 2.21. The van der Waals surface area contributed by atoms with Gasteiger partial charge in [0.05, 0.1) is 6.54 Å². The molecule has 1 aliphatic heterocycles. The molecule has 4 heteroatoms. The number of hydrogen-bond acceptors (Lipinski definition) is 3. The summed E-state index contributed by atoms with van der Waals surface area (Å²) in [5, 5.41) is 6.06. The molecule has 2 N–H and O–H groups in total. The molecule has 86 valence electrons. The third-order valence-corrected chi connectivity index (χ3v) is 2.62. The highest BCUT2D eigenvalue weighted by molar-refractivity contribution is 5.78. The Kier molecular flexibility index (Phi) is 4.90. The maximum absolute atomic E-state index is 11.4. The van der Waals surface area contributed by atoms with Gasteiger partial charge in [-0.2, -0.15) is 0 Å². The predicted octanol–water partition coefficient (Wildman–Crippen LogP) is 0.298. The smallest absolute Gasteiger partial charge is 0.234 e. The Morgan fingerprint density at radius 2 is 2.36 bits per heavy atom. The molecule has 1 saturated heterocycles. The summed E-state index contributed by atoms with van der Waals surface area (Å²) < 4.78 is 0. The fourth-order valence-electron chi connectivity index (χ4n) is 1.75. The van der Waals surface area contributed by atoms with E-state index in [1.165, 1.54) is 0 Å². The van der Waals surface area contributed by atoms with Crippen molar-refractivity contribution in [3.63, 3.8) is 0 Å². The van der Waals surface area contributed by atoms with Gasteiger partial charge in [-0.1, -0.05) is 13.8 Å². The van der Waals surface area contributed by atoms with Gasteiger partial charge in [-0.15, -0.1) is 0 Å². The Hall–Kier alpha value is -0.610. The molecule has 0 radical (unpaired) electrons. The topological polar surface area (TPSA) is 44.4 Å². The summed E-state index contributed by atoms with van der Waals surface area (Å²) in [6, 6.07) is 0.362. The maximum atomic E-state index is 11.4. The third kappa shape index (κ3) is 3.64. The number of rotatable bonds is 5. The monoisotopic (exact) mass is 203 g/mol. The van der Waals surface area contributed by atoms with Crippen LogP contribution in [0.2, 0.25) is 0 Å². The van der Waals surface area contributed by atoms with Crippen LogP contribution in [0.1, 0.15) is 23.1 Å². The fraction of sp³-hybridized carbons (Fsp3) is 0.900. The second-order valence-electron chi connectivity index (χ2n) is 3.73. The second-order valence-corrected chi connectivity index (χ2v) is 3.73. The minimum atomic E-state index is 0. The van der Waals surface area contributed by atoms with Crippen molar-refractivity contribution in [2.75, 3.05) is 32.7 Å². The van der Waals surface area contributed by atoms with Crippen LogP contribution >= 0.6 is 0 Å². The SMILES string of the molecule is CCNCC(=O)N[C@H]1CCN(CC)C1.[HH].[HH]. The number of carbonyl (C=O) groups is 1. The lowest BCUT2D eigenvalue weighted by molar-refractivity contribution is -0.120. The van der Waals surface area contributed by atoms with Gasteiger partial charge in [0.25, 0.3) is 0 Å². The van der Waals surface area contributed by atoms with Gasteiger partial charge in [-0.05, 0) is 19.5 Å². The predicted molar refractivity (Wildman–Crippen MR) is 61.4 cm³/mol. The first-order chi connectivity index (χ1) is 6.76. The molecule has 1 atom stereocenters. The Balaban J connectivity index is 0. The van der Waals surface area contributed by atoms with Gasteiger partial charge in [0.2, 0.25) is 5.91 Å². The van der Waals surface area contributed by atoms with Crippen LogP contribution in [0.4, 0.5) is 0 Å². The number of likely N-dealkylation sites (N-methyl/N-ethyl adjacent to an activating group) is 2. The highest BCUT2D eigenvalue weighted by Crippen LogP contribution is 2.07. The van der Waals surface area contributed by atoms with E-state index in [9.17, 15) is 4.79 Å². The van der Waals surface area contributed by atoms with Gasteiger partial charge in [-0.25, -0.2) is 0 Å². The second kappa shape index (κ2) is 5.98. The maximum Gasteiger partial charge on any atom is 0.234 e. The van der Waals surface area contributed by atoms with Crippen LogP contribution in [-0.4, -0.2) is 49.6 Å². The lowest BCUT2D eigenvalue weighted by Gasteiger charge is -2.14. The van der Waals surface area contributed by atoms with Gasteiger partial charge in [0.1, 0.15) is 0 Å². The van der Waals surface area contributed by atoms with E-state index >= 15 is 0 Å². The van der Waals surface area contributed by atoms with Crippen LogP contribution < -0.4 is 10.6 Å². The van der Waals surface area contributed by atoms with Gasteiger partial charge >= 0.3 is 0 Å². The zero-order valence-electron chi connectivity index (χ0n) is 9.18. The number of carbonyl (C=O) groups excluding carboxylic acids is 1. The largest absolute Gasteiger partial charge is 0.351 e. The molecule has 1 rings (SSSR count). The van der Waals surface area contributed by atoms with Crippen LogP contribution in [0, 0.1) is 0 Å². The Morgan fingerprint density at radius 3 is 2.93 bits per heavy atom. The average Bonchev–Trinajstić information content (AvgIpc) is 2.62. The standard InChI is InChI=1S/C10H21N3O.2H2/c1-3-11-7-10(14)12-9-5-6-13(4-2)8-9;;/h9,11H,3-8H2,1-2H3,(H,12,14);2*1H/t9-;;/m0../s1. The van der Waals surface area contributed by atoms with E-state index < -0.39 is 0 Å². The zero-order chi connectivity index (χ0) is 10.4. The molecular weight excluding hydrogens is 178 g/mol. The summed E-state index contributed by atoms with van der Waals surface area (Å²) in [7, 11) is 0. The van der Waals surface area contributed by atoms with Gasteiger partial charge < -0.3 is 15.5 Å². The molecule has 0 aromatic heterocycles. The van der Waals surface area contributed by atoms with Gasteiger partial charge in [0, 0.05) is 22.0 Å². The van der Waals surface area contributed by atoms with E-state index in [1.807, 2.05) is 6.92 Å². The summed E-state index contributed by atoms with van der Waals surface area (Å²) in [6.07, 6.45) is 1.09. The van der Waals surface area contributed by atoms with E-state index in [0.717, 1.165) is 32.6 Å². The number of nitrogens with one attached hydrogen (secondary N) is 2. The lowest BCUT2D eigenvalue weighted by atomic mass is 10.2. The van der Waals surface area contributed by atoms with Gasteiger partial charge in [0.15, 0.2) is 0 Å². The first kappa shape index (κ1) is 11.5. The van der Waals surface area contributed by atoms with Crippen molar-refractivity contribution in [3.05, 3.63) is 0 Å². The zero-order valence-corrected chi connectivity index (χ0v) is 9.18. The van der Waals surface area contributed by atoms with Crippen LogP contribution in [0.3, 0.4) is 0 Å². The van der Waals surface area contributed by atoms with Crippen molar-refractivity contribution in [1.82, 2.24) is 15.5 Å². The molecule has 14 heavy (non-hydrogen) atoms. The van der Waals surface area contributed by atoms with E-state index in [4.69, 9.17) is 0 Å².